The number of hydrogen-bond acceptors (Lipinski definition) is 3. The third kappa shape index (κ3) is 1.95. The first kappa shape index (κ1) is 12.1. The lowest BCUT2D eigenvalue weighted by molar-refractivity contribution is 0.312. The molecule has 0 aromatic carbocycles. The van der Waals surface area contributed by atoms with Gasteiger partial charge in [-0.25, -0.2) is 0 Å². The van der Waals surface area contributed by atoms with Crippen LogP contribution in [0.5, 0.6) is 0 Å². The molecule has 0 N–H and O–H groups in total. The lowest BCUT2D eigenvalue weighted by Gasteiger charge is -2.36. The highest BCUT2D eigenvalue weighted by atomic mass is 32.2. The number of rotatable bonds is 0. The van der Waals surface area contributed by atoms with Gasteiger partial charge in [0.1, 0.15) is 0 Å². The van der Waals surface area contributed by atoms with Crippen molar-refractivity contribution in [3.63, 3.8) is 0 Å². The molecule has 2 spiro atoms. The smallest absolute Gasteiger partial charge is 0.0740 e. The third-order valence-corrected chi connectivity index (χ3v) is 10.4. The van der Waals surface area contributed by atoms with Crippen LogP contribution in [0.25, 0.3) is 0 Å². The highest BCUT2D eigenvalue weighted by Crippen LogP contribution is 2.66. The first-order chi connectivity index (χ1) is 7.64. The highest BCUT2D eigenvalue weighted by molar-refractivity contribution is 8.22. The Morgan fingerprint density at radius 2 is 1.62 bits per heavy atom. The zero-order valence-corrected chi connectivity index (χ0v) is 12.8. The van der Waals surface area contributed by atoms with E-state index < -0.39 is 0 Å². The molecule has 3 fully saturated rings. The molecular formula is C13H22S3. The molecule has 2 aliphatic heterocycles. The van der Waals surface area contributed by atoms with E-state index >= 15 is 0 Å². The molecule has 92 valence electrons. The van der Waals surface area contributed by atoms with Gasteiger partial charge in [-0.2, -0.15) is 0 Å². The van der Waals surface area contributed by atoms with Crippen molar-refractivity contribution in [2.45, 2.75) is 60.0 Å². The van der Waals surface area contributed by atoms with Gasteiger partial charge >= 0.3 is 0 Å². The summed E-state index contributed by atoms with van der Waals surface area (Å²) in [6, 6.07) is 0. The first-order valence-corrected chi connectivity index (χ1v) is 9.45. The molecule has 0 aromatic heterocycles. The van der Waals surface area contributed by atoms with Crippen LogP contribution >= 0.6 is 35.3 Å². The largest absolute Gasteiger partial charge is 0.150 e. The quantitative estimate of drug-likeness (QED) is 0.632. The van der Waals surface area contributed by atoms with Crippen LogP contribution in [0.1, 0.15) is 46.0 Å². The van der Waals surface area contributed by atoms with Crippen molar-refractivity contribution in [1.29, 1.82) is 0 Å². The molecule has 1 aliphatic carbocycles. The van der Waals surface area contributed by atoms with Gasteiger partial charge < -0.3 is 0 Å². The first-order valence-electron chi connectivity index (χ1n) is 6.60. The monoisotopic (exact) mass is 274 g/mol. The van der Waals surface area contributed by atoms with Gasteiger partial charge in [0.2, 0.25) is 0 Å². The second kappa shape index (κ2) is 4.31. The summed E-state index contributed by atoms with van der Waals surface area (Å²) in [6.07, 6.45) is 7.43. The average Bonchev–Trinajstić information content (AvgIpc) is 2.81. The Morgan fingerprint density at radius 3 is 2.25 bits per heavy atom. The summed E-state index contributed by atoms with van der Waals surface area (Å²) in [5, 5.41) is 0.874. The molecule has 1 saturated carbocycles. The minimum atomic E-state index is 0.602. The van der Waals surface area contributed by atoms with Crippen molar-refractivity contribution in [2.24, 2.45) is 5.92 Å². The molecule has 2 heterocycles. The second-order valence-corrected chi connectivity index (χ2v) is 10.7. The minimum absolute atomic E-state index is 0.602. The maximum Gasteiger partial charge on any atom is 0.0740 e. The molecule has 1 unspecified atom stereocenters. The van der Waals surface area contributed by atoms with Crippen LogP contribution in [0.4, 0.5) is 0 Å². The zero-order chi connectivity index (χ0) is 11.2. The predicted molar refractivity (Wildman–Crippen MR) is 79.7 cm³/mol. The number of hydrogen-bond donors (Lipinski definition) is 0. The van der Waals surface area contributed by atoms with Crippen molar-refractivity contribution in [2.75, 3.05) is 11.5 Å². The fourth-order valence-electron chi connectivity index (χ4n) is 3.49. The van der Waals surface area contributed by atoms with Crippen LogP contribution in [0.15, 0.2) is 0 Å². The fraction of sp³-hybridized carbons (Fsp3) is 1.00. The van der Waals surface area contributed by atoms with Crippen LogP contribution in [0.2, 0.25) is 0 Å². The summed E-state index contributed by atoms with van der Waals surface area (Å²) in [7, 11) is 0. The van der Waals surface area contributed by atoms with E-state index in [9.17, 15) is 0 Å². The molecule has 0 amide bonds. The highest BCUT2D eigenvalue weighted by Gasteiger charge is 2.55. The summed E-state index contributed by atoms with van der Waals surface area (Å²) < 4.78 is 1.28. The molecule has 0 nitrogen and oxygen atoms in total. The fourth-order valence-corrected chi connectivity index (χ4v) is 9.58. The van der Waals surface area contributed by atoms with E-state index in [1.165, 1.54) is 43.6 Å². The van der Waals surface area contributed by atoms with E-state index in [1.807, 2.05) is 0 Å². The summed E-state index contributed by atoms with van der Waals surface area (Å²) >= 11 is 6.89. The average molecular weight is 275 g/mol. The van der Waals surface area contributed by atoms with Crippen molar-refractivity contribution in [3.05, 3.63) is 0 Å². The Hall–Kier alpha value is 1.05. The number of thioether (sulfide) groups is 3. The van der Waals surface area contributed by atoms with Crippen molar-refractivity contribution >= 4 is 35.3 Å². The summed E-state index contributed by atoms with van der Waals surface area (Å²) in [6.45, 7) is 4.92. The van der Waals surface area contributed by atoms with Crippen molar-refractivity contribution < 1.29 is 0 Å². The topological polar surface area (TPSA) is 0 Å². The zero-order valence-electron chi connectivity index (χ0n) is 10.3. The Kier molecular flexibility index (Phi) is 3.26. The van der Waals surface area contributed by atoms with Gasteiger partial charge in [0.25, 0.3) is 0 Å². The van der Waals surface area contributed by atoms with E-state index in [0.717, 1.165) is 11.2 Å². The van der Waals surface area contributed by atoms with Crippen LogP contribution in [0, 0.1) is 5.92 Å². The van der Waals surface area contributed by atoms with Crippen molar-refractivity contribution in [3.8, 4) is 0 Å². The van der Waals surface area contributed by atoms with E-state index in [0.29, 0.717) is 8.83 Å². The minimum Gasteiger partial charge on any atom is -0.150 e. The normalized spacial score (nSPS) is 46.9. The molecule has 0 radical (unpaired) electrons. The van der Waals surface area contributed by atoms with Crippen LogP contribution in [-0.2, 0) is 0 Å². The summed E-state index contributed by atoms with van der Waals surface area (Å²) in [4.78, 5) is 0. The summed E-state index contributed by atoms with van der Waals surface area (Å²) in [5.74, 6) is 3.77. The van der Waals surface area contributed by atoms with Gasteiger partial charge in [0.15, 0.2) is 0 Å². The second-order valence-electron chi connectivity index (χ2n) is 5.81. The van der Waals surface area contributed by atoms with E-state index in [2.05, 4.69) is 49.1 Å². The van der Waals surface area contributed by atoms with Crippen LogP contribution < -0.4 is 0 Å². The van der Waals surface area contributed by atoms with Gasteiger partial charge in [0, 0.05) is 21.5 Å². The molecule has 2 saturated heterocycles. The van der Waals surface area contributed by atoms with Gasteiger partial charge in [-0.1, -0.05) is 13.8 Å². The molecule has 0 aromatic rings. The Balaban J connectivity index is 1.75. The van der Waals surface area contributed by atoms with Gasteiger partial charge in [0.05, 0.1) is 4.08 Å². The molecule has 3 heteroatoms. The molecule has 3 aliphatic rings. The van der Waals surface area contributed by atoms with Gasteiger partial charge in [-0.3, -0.25) is 0 Å². The standard InChI is InChI=1S/C13H22S3/c1-10-3-5-12(6-4-10)9-13(11(2)16-12)14-7-8-15-13/h10-11H,3-9H2,1-2H3. The Morgan fingerprint density at radius 1 is 1.00 bits per heavy atom. The van der Waals surface area contributed by atoms with E-state index in [-0.39, 0.29) is 0 Å². The Labute approximate surface area is 112 Å². The predicted octanol–water partition coefficient (Wildman–Crippen LogP) is 4.64. The van der Waals surface area contributed by atoms with E-state index in [4.69, 9.17) is 0 Å². The van der Waals surface area contributed by atoms with Crippen LogP contribution in [-0.4, -0.2) is 25.6 Å². The maximum atomic E-state index is 2.49. The van der Waals surface area contributed by atoms with Gasteiger partial charge in [-0.05, 0) is 38.0 Å². The molecule has 1 atom stereocenters. The van der Waals surface area contributed by atoms with Crippen LogP contribution in [0.3, 0.4) is 0 Å². The van der Waals surface area contributed by atoms with Crippen molar-refractivity contribution in [1.82, 2.24) is 0 Å². The molecular weight excluding hydrogens is 252 g/mol. The lowest BCUT2D eigenvalue weighted by atomic mass is 9.80. The molecule has 3 rings (SSSR count). The molecule has 0 bridgehead atoms. The van der Waals surface area contributed by atoms with E-state index in [1.54, 1.807) is 0 Å². The maximum absolute atomic E-state index is 2.49. The Bertz CT molecular complexity index is 262. The summed E-state index contributed by atoms with van der Waals surface area (Å²) in [5.41, 5.74) is 0. The van der Waals surface area contributed by atoms with Gasteiger partial charge in [-0.15, -0.1) is 35.3 Å². The SMILES string of the molecule is CC1CCC2(CC1)CC1(SCCS1)C(C)S2. The lowest BCUT2D eigenvalue weighted by Crippen LogP contribution is -2.31. The third-order valence-electron chi connectivity index (χ3n) is 4.58. The molecule has 16 heavy (non-hydrogen) atoms.